The molecule has 2 aliphatic rings. The van der Waals surface area contributed by atoms with Gasteiger partial charge >= 0.3 is 0 Å². The monoisotopic (exact) mass is 547 g/mol. The number of fused-ring (bicyclic) bond motifs is 2. The molecule has 1 amide bonds. The van der Waals surface area contributed by atoms with E-state index in [9.17, 15) is 13.2 Å². The van der Waals surface area contributed by atoms with E-state index in [1.165, 1.54) is 27.8 Å². The number of aryl methyl sites for hydroxylation is 2. The molecular formula is C29H29N3O4S2. The van der Waals surface area contributed by atoms with Crippen LogP contribution >= 0.6 is 11.3 Å². The third-order valence-corrected chi connectivity index (χ3v) is 10.4. The number of amides is 1. The molecule has 0 saturated carbocycles. The lowest BCUT2D eigenvalue weighted by molar-refractivity contribution is 0.0917. The van der Waals surface area contributed by atoms with E-state index >= 15 is 0 Å². The highest BCUT2D eigenvalue weighted by atomic mass is 32.2. The first-order valence-corrected chi connectivity index (χ1v) is 15.1. The summed E-state index contributed by atoms with van der Waals surface area (Å²) in [6.45, 7) is 5.58. The normalized spacial score (nSPS) is 17.2. The number of para-hydroxylation sites is 1. The zero-order valence-corrected chi connectivity index (χ0v) is 23.0. The van der Waals surface area contributed by atoms with Gasteiger partial charge in [-0.1, -0.05) is 41.7 Å². The predicted octanol–water partition coefficient (Wildman–Crippen LogP) is 5.49. The van der Waals surface area contributed by atoms with Gasteiger partial charge in [-0.3, -0.25) is 14.0 Å². The quantitative estimate of drug-likeness (QED) is 0.319. The minimum absolute atomic E-state index is 0.0527. The molecular weight excluding hydrogens is 518 g/mol. The SMILES string of the molecule is Cc1ccc(C)c2sc(N(CC3CCCO3)C(=O)c3ccc(S(=O)(=O)N4CCc5ccccc54)cc3)nc12. The average Bonchev–Trinajstić information content (AvgIpc) is 3.69. The van der Waals surface area contributed by atoms with Crippen LogP contribution in [0.4, 0.5) is 10.8 Å². The van der Waals surface area contributed by atoms with Crippen molar-refractivity contribution < 1.29 is 17.9 Å². The highest BCUT2D eigenvalue weighted by Gasteiger charge is 2.32. The van der Waals surface area contributed by atoms with Crippen LogP contribution in [0.1, 0.15) is 39.9 Å². The Bertz CT molecular complexity index is 1580. The van der Waals surface area contributed by atoms with Gasteiger partial charge in [0.2, 0.25) is 0 Å². The van der Waals surface area contributed by atoms with E-state index in [4.69, 9.17) is 9.72 Å². The Hall–Kier alpha value is -3.27. The minimum atomic E-state index is -3.73. The first-order valence-electron chi connectivity index (χ1n) is 12.8. The zero-order chi connectivity index (χ0) is 26.4. The molecule has 0 radical (unpaired) electrons. The van der Waals surface area contributed by atoms with E-state index in [1.54, 1.807) is 17.0 Å². The molecule has 3 aromatic carbocycles. The smallest absolute Gasteiger partial charge is 0.264 e. The largest absolute Gasteiger partial charge is 0.376 e. The molecule has 1 saturated heterocycles. The van der Waals surface area contributed by atoms with Gasteiger partial charge in [-0.15, -0.1) is 0 Å². The number of ether oxygens (including phenoxy) is 1. The summed E-state index contributed by atoms with van der Waals surface area (Å²) in [7, 11) is -3.73. The number of carbonyl (C=O) groups is 1. The summed E-state index contributed by atoms with van der Waals surface area (Å²) in [5, 5.41) is 0.628. The highest BCUT2D eigenvalue weighted by molar-refractivity contribution is 7.92. The zero-order valence-electron chi connectivity index (χ0n) is 21.4. The second kappa shape index (κ2) is 9.80. The van der Waals surface area contributed by atoms with Crippen molar-refractivity contribution in [3.05, 3.63) is 82.9 Å². The van der Waals surface area contributed by atoms with E-state index in [0.29, 0.717) is 36.8 Å². The van der Waals surface area contributed by atoms with Crippen LogP contribution in [0.15, 0.2) is 65.6 Å². The number of aromatic nitrogens is 1. The summed E-state index contributed by atoms with van der Waals surface area (Å²) in [6, 6.07) is 17.9. The number of benzene rings is 3. The van der Waals surface area contributed by atoms with Gasteiger partial charge in [0.1, 0.15) is 0 Å². The third kappa shape index (κ3) is 4.38. The molecule has 0 bridgehead atoms. The molecule has 0 aliphatic carbocycles. The maximum absolute atomic E-state index is 13.8. The Morgan fingerprint density at radius 2 is 1.84 bits per heavy atom. The molecule has 1 aromatic heterocycles. The fourth-order valence-electron chi connectivity index (χ4n) is 5.21. The van der Waals surface area contributed by atoms with Gasteiger partial charge in [0.25, 0.3) is 15.9 Å². The summed E-state index contributed by atoms with van der Waals surface area (Å²) in [5.74, 6) is -0.217. The molecule has 1 unspecified atom stereocenters. The van der Waals surface area contributed by atoms with Crippen LogP contribution < -0.4 is 9.21 Å². The number of thiazole rings is 1. The van der Waals surface area contributed by atoms with Crippen molar-refractivity contribution >= 4 is 48.3 Å². The van der Waals surface area contributed by atoms with E-state index in [2.05, 4.69) is 6.07 Å². The van der Waals surface area contributed by atoms with E-state index in [1.807, 2.05) is 44.2 Å². The summed E-state index contributed by atoms with van der Waals surface area (Å²) >= 11 is 1.51. The van der Waals surface area contributed by atoms with Crippen LogP contribution in [-0.2, 0) is 21.2 Å². The molecule has 4 aromatic rings. The van der Waals surface area contributed by atoms with E-state index in [-0.39, 0.29) is 16.9 Å². The molecule has 1 fully saturated rings. The topological polar surface area (TPSA) is 79.8 Å². The van der Waals surface area contributed by atoms with Gasteiger partial charge in [0, 0.05) is 18.7 Å². The highest BCUT2D eigenvalue weighted by Crippen LogP contribution is 2.35. The van der Waals surface area contributed by atoms with Gasteiger partial charge in [-0.05, 0) is 80.1 Å². The van der Waals surface area contributed by atoms with Gasteiger partial charge in [0.05, 0.1) is 33.4 Å². The fraction of sp³-hybridized carbons (Fsp3) is 0.310. The van der Waals surface area contributed by atoms with Crippen LogP contribution in [-0.4, -0.2) is 45.1 Å². The van der Waals surface area contributed by atoms with Crippen molar-refractivity contribution in [2.75, 3.05) is 28.9 Å². The van der Waals surface area contributed by atoms with Crippen molar-refractivity contribution in [2.24, 2.45) is 0 Å². The van der Waals surface area contributed by atoms with Crippen molar-refractivity contribution in [1.29, 1.82) is 0 Å². The predicted molar refractivity (Wildman–Crippen MR) is 151 cm³/mol. The van der Waals surface area contributed by atoms with Crippen LogP contribution in [0.3, 0.4) is 0 Å². The maximum Gasteiger partial charge on any atom is 0.264 e. The van der Waals surface area contributed by atoms with Crippen LogP contribution in [0, 0.1) is 13.8 Å². The number of nitrogens with zero attached hydrogens (tertiary/aromatic N) is 3. The van der Waals surface area contributed by atoms with Crippen molar-refractivity contribution in [3.8, 4) is 0 Å². The molecule has 0 N–H and O–H groups in total. The van der Waals surface area contributed by atoms with Gasteiger partial charge in [-0.2, -0.15) is 0 Å². The first kappa shape index (κ1) is 25.0. The molecule has 7 nitrogen and oxygen atoms in total. The Balaban J connectivity index is 1.32. The molecule has 6 rings (SSSR count). The molecule has 196 valence electrons. The second-order valence-electron chi connectivity index (χ2n) is 9.90. The number of hydrogen-bond donors (Lipinski definition) is 0. The Labute approximate surface area is 226 Å². The lowest BCUT2D eigenvalue weighted by atomic mass is 10.1. The summed E-state index contributed by atoms with van der Waals surface area (Å²) in [5.41, 5.74) is 5.25. The van der Waals surface area contributed by atoms with Gasteiger partial charge < -0.3 is 4.74 Å². The number of rotatable bonds is 6. The van der Waals surface area contributed by atoms with Crippen LogP contribution in [0.2, 0.25) is 0 Å². The van der Waals surface area contributed by atoms with Crippen molar-refractivity contribution in [2.45, 2.75) is 44.1 Å². The molecule has 38 heavy (non-hydrogen) atoms. The molecule has 9 heteroatoms. The van der Waals surface area contributed by atoms with Crippen molar-refractivity contribution in [1.82, 2.24) is 4.98 Å². The van der Waals surface area contributed by atoms with Crippen LogP contribution in [0.25, 0.3) is 10.2 Å². The molecule has 1 atom stereocenters. The van der Waals surface area contributed by atoms with Gasteiger partial charge in [-0.25, -0.2) is 13.4 Å². The minimum Gasteiger partial charge on any atom is -0.376 e. The summed E-state index contributed by atoms with van der Waals surface area (Å²) in [6.07, 6.45) is 2.49. The molecule has 2 aliphatic heterocycles. The van der Waals surface area contributed by atoms with E-state index in [0.717, 1.165) is 45.4 Å². The number of anilines is 2. The third-order valence-electron chi connectivity index (χ3n) is 7.35. The molecule has 3 heterocycles. The maximum atomic E-state index is 13.8. The number of sulfonamides is 1. The Kier molecular flexibility index (Phi) is 6.45. The fourth-order valence-corrected chi connectivity index (χ4v) is 7.84. The Morgan fingerprint density at radius 1 is 1.08 bits per heavy atom. The lowest BCUT2D eigenvalue weighted by Gasteiger charge is -2.23. The van der Waals surface area contributed by atoms with Gasteiger partial charge in [0.15, 0.2) is 5.13 Å². The van der Waals surface area contributed by atoms with E-state index < -0.39 is 10.0 Å². The number of hydrogen-bond acceptors (Lipinski definition) is 6. The summed E-state index contributed by atoms with van der Waals surface area (Å²) in [4.78, 5) is 20.6. The summed E-state index contributed by atoms with van der Waals surface area (Å²) < 4.78 is 35.2. The Morgan fingerprint density at radius 3 is 2.58 bits per heavy atom. The van der Waals surface area contributed by atoms with Crippen molar-refractivity contribution in [3.63, 3.8) is 0 Å². The number of carbonyl (C=O) groups excluding carboxylic acids is 1. The van der Waals surface area contributed by atoms with Crippen LogP contribution in [0.5, 0.6) is 0 Å². The first-order chi connectivity index (χ1) is 18.3. The molecule has 0 spiro atoms. The average molecular weight is 548 g/mol. The lowest BCUT2D eigenvalue weighted by Crippen LogP contribution is -2.37. The standard InChI is InChI=1S/C29H29N3O4S2/c1-19-9-10-20(2)27-26(19)30-29(37-27)31(18-23-7-5-17-36-23)28(33)22-11-13-24(14-12-22)38(34,35)32-16-15-21-6-3-4-8-25(21)32/h3-4,6,8-14,23H,5,7,15-18H2,1-2H3. The second-order valence-corrected chi connectivity index (χ2v) is 12.7.